The van der Waals surface area contributed by atoms with Gasteiger partial charge in [-0.1, -0.05) is 44.9 Å². The summed E-state index contributed by atoms with van der Waals surface area (Å²) >= 11 is 6.15. The lowest BCUT2D eigenvalue weighted by molar-refractivity contribution is -0.135. The lowest BCUT2D eigenvalue weighted by Gasteiger charge is -2.42. The van der Waals surface area contributed by atoms with Crippen LogP contribution in [0, 0.1) is 18.3 Å². The molecule has 0 atom stereocenters. The molecule has 29 heavy (non-hydrogen) atoms. The summed E-state index contributed by atoms with van der Waals surface area (Å²) in [6, 6.07) is 4.80. The SMILES string of the molecule is CCC(C)(C)C1CCC2(CC1)NC(=O)N(CC(=O)Nc1ccc(C)cc1Cl)C2=O. The van der Waals surface area contributed by atoms with E-state index in [4.69, 9.17) is 11.6 Å². The van der Waals surface area contributed by atoms with Crippen molar-refractivity contribution in [1.82, 2.24) is 10.2 Å². The number of halogens is 1. The van der Waals surface area contributed by atoms with Crippen molar-refractivity contribution in [1.29, 1.82) is 0 Å². The number of carbonyl (C=O) groups excluding carboxylic acids is 3. The largest absolute Gasteiger partial charge is 0.325 e. The molecule has 4 amide bonds. The van der Waals surface area contributed by atoms with Crippen LogP contribution in [0.5, 0.6) is 0 Å². The minimum Gasteiger partial charge on any atom is -0.323 e. The summed E-state index contributed by atoms with van der Waals surface area (Å²) in [4.78, 5) is 39.0. The maximum atomic E-state index is 13.1. The van der Waals surface area contributed by atoms with E-state index in [0.717, 1.165) is 29.7 Å². The molecule has 1 heterocycles. The molecule has 2 aliphatic rings. The van der Waals surface area contributed by atoms with E-state index in [2.05, 4.69) is 31.4 Å². The molecule has 0 bridgehead atoms. The van der Waals surface area contributed by atoms with Crippen LogP contribution in [0.4, 0.5) is 10.5 Å². The fourth-order valence-electron chi connectivity index (χ4n) is 4.39. The summed E-state index contributed by atoms with van der Waals surface area (Å²) in [7, 11) is 0. The van der Waals surface area contributed by atoms with Crippen LogP contribution in [0.25, 0.3) is 0 Å². The Kier molecular flexibility index (Phi) is 5.95. The molecule has 2 fully saturated rings. The van der Waals surface area contributed by atoms with Gasteiger partial charge in [0.15, 0.2) is 0 Å². The first kappa shape index (κ1) is 21.6. The number of nitrogens with zero attached hydrogens (tertiary/aromatic N) is 1. The van der Waals surface area contributed by atoms with Gasteiger partial charge in [0.2, 0.25) is 5.91 Å². The van der Waals surface area contributed by atoms with Gasteiger partial charge < -0.3 is 10.6 Å². The van der Waals surface area contributed by atoms with E-state index in [1.165, 1.54) is 0 Å². The van der Waals surface area contributed by atoms with Crippen molar-refractivity contribution in [2.45, 2.75) is 65.3 Å². The maximum absolute atomic E-state index is 13.1. The summed E-state index contributed by atoms with van der Waals surface area (Å²) < 4.78 is 0. The molecule has 1 aliphatic heterocycles. The molecule has 3 rings (SSSR count). The Morgan fingerprint density at radius 1 is 1.31 bits per heavy atom. The summed E-state index contributed by atoms with van der Waals surface area (Å²) in [6.45, 7) is 8.30. The third kappa shape index (κ3) is 4.27. The number of carbonyl (C=O) groups is 3. The summed E-state index contributed by atoms with van der Waals surface area (Å²) in [6.07, 6.45) is 4.11. The topological polar surface area (TPSA) is 78.5 Å². The van der Waals surface area contributed by atoms with Crippen LogP contribution < -0.4 is 10.6 Å². The van der Waals surface area contributed by atoms with Crippen molar-refractivity contribution in [3.05, 3.63) is 28.8 Å². The standard InChI is InChI=1S/C22H30ClN3O3/c1-5-21(3,4)15-8-10-22(11-9-15)19(28)26(20(29)25-22)13-18(27)24-17-7-6-14(2)12-16(17)23/h6-7,12,15H,5,8-11,13H2,1-4H3,(H,24,27)(H,25,29). The lowest BCUT2D eigenvalue weighted by atomic mass is 9.65. The van der Waals surface area contributed by atoms with Gasteiger partial charge in [-0.15, -0.1) is 0 Å². The van der Waals surface area contributed by atoms with E-state index in [1.54, 1.807) is 12.1 Å². The molecule has 0 radical (unpaired) electrons. The fourth-order valence-corrected chi connectivity index (χ4v) is 4.68. The highest BCUT2D eigenvalue weighted by Gasteiger charge is 2.53. The molecule has 1 spiro atoms. The fraction of sp³-hybridized carbons (Fsp3) is 0.591. The van der Waals surface area contributed by atoms with E-state index in [1.807, 2.05) is 13.0 Å². The van der Waals surface area contributed by atoms with Gasteiger partial charge in [-0.2, -0.15) is 0 Å². The Hall–Kier alpha value is -2.08. The highest BCUT2D eigenvalue weighted by Crippen LogP contribution is 2.45. The molecule has 1 aliphatic carbocycles. The van der Waals surface area contributed by atoms with Gasteiger partial charge in [0.1, 0.15) is 12.1 Å². The first-order chi connectivity index (χ1) is 13.6. The van der Waals surface area contributed by atoms with Gasteiger partial charge in [0.25, 0.3) is 5.91 Å². The minimum atomic E-state index is -0.862. The monoisotopic (exact) mass is 419 g/mol. The van der Waals surface area contributed by atoms with Crippen molar-refractivity contribution < 1.29 is 14.4 Å². The van der Waals surface area contributed by atoms with Crippen LogP contribution in [-0.4, -0.2) is 34.8 Å². The Morgan fingerprint density at radius 3 is 2.55 bits per heavy atom. The zero-order chi connectivity index (χ0) is 21.4. The Labute approximate surface area is 177 Å². The predicted molar refractivity (Wildman–Crippen MR) is 114 cm³/mol. The van der Waals surface area contributed by atoms with Crippen LogP contribution in [0.15, 0.2) is 18.2 Å². The van der Waals surface area contributed by atoms with E-state index in [0.29, 0.717) is 29.5 Å². The van der Waals surface area contributed by atoms with E-state index >= 15 is 0 Å². The smallest absolute Gasteiger partial charge is 0.323 e. The van der Waals surface area contributed by atoms with Gasteiger partial charge >= 0.3 is 6.03 Å². The summed E-state index contributed by atoms with van der Waals surface area (Å²) in [5.74, 6) is -0.207. The second-order valence-electron chi connectivity index (χ2n) is 9.05. The zero-order valence-corrected chi connectivity index (χ0v) is 18.4. The third-order valence-corrected chi connectivity index (χ3v) is 7.11. The molecule has 158 valence electrons. The Morgan fingerprint density at radius 2 is 1.97 bits per heavy atom. The van der Waals surface area contributed by atoms with Crippen molar-refractivity contribution in [3.8, 4) is 0 Å². The number of aryl methyl sites for hydroxylation is 1. The quantitative estimate of drug-likeness (QED) is 0.689. The predicted octanol–water partition coefficient (Wildman–Crippen LogP) is 4.50. The van der Waals surface area contributed by atoms with E-state index in [9.17, 15) is 14.4 Å². The third-order valence-electron chi connectivity index (χ3n) is 6.80. The molecule has 1 aromatic carbocycles. The van der Waals surface area contributed by atoms with Crippen molar-refractivity contribution >= 4 is 35.1 Å². The molecule has 1 saturated carbocycles. The normalized spacial score (nSPS) is 24.7. The first-order valence-corrected chi connectivity index (χ1v) is 10.7. The van der Waals surface area contributed by atoms with Crippen LogP contribution >= 0.6 is 11.6 Å². The van der Waals surface area contributed by atoms with E-state index < -0.39 is 17.5 Å². The van der Waals surface area contributed by atoms with Gasteiger partial charge in [-0.3, -0.25) is 14.5 Å². The van der Waals surface area contributed by atoms with Gasteiger partial charge in [-0.05, 0) is 61.6 Å². The minimum absolute atomic E-state index is 0.222. The molecule has 1 saturated heterocycles. The molecular weight excluding hydrogens is 390 g/mol. The number of amides is 4. The van der Waals surface area contributed by atoms with Crippen molar-refractivity contribution in [2.24, 2.45) is 11.3 Å². The maximum Gasteiger partial charge on any atom is 0.325 e. The highest BCUT2D eigenvalue weighted by molar-refractivity contribution is 6.33. The Bertz CT molecular complexity index is 829. The Balaban J connectivity index is 1.64. The second-order valence-corrected chi connectivity index (χ2v) is 9.46. The number of nitrogens with one attached hydrogen (secondary N) is 2. The second kappa shape index (κ2) is 7.98. The van der Waals surface area contributed by atoms with Crippen molar-refractivity contribution in [2.75, 3.05) is 11.9 Å². The van der Waals surface area contributed by atoms with Gasteiger partial charge in [0, 0.05) is 0 Å². The van der Waals surface area contributed by atoms with Crippen LogP contribution in [0.2, 0.25) is 5.02 Å². The number of urea groups is 1. The zero-order valence-electron chi connectivity index (χ0n) is 17.6. The molecule has 2 N–H and O–H groups in total. The number of rotatable bonds is 5. The number of benzene rings is 1. The molecule has 1 aromatic rings. The summed E-state index contributed by atoms with van der Waals surface area (Å²) in [5, 5.41) is 5.99. The van der Waals surface area contributed by atoms with Gasteiger partial charge in [-0.25, -0.2) is 4.79 Å². The lowest BCUT2D eigenvalue weighted by Crippen LogP contribution is -2.51. The molecular formula is C22H30ClN3O3. The van der Waals surface area contributed by atoms with Crippen LogP contribution in [0.1, 0.15) is 58.4 Å². The molecule has 0 aromatic heterocycles. The molecule has 0 unspecified atom stereocenters. The van der Waals surface area contributed by atoms with Gasteiger partial charge in [0.05, 0.1) is 10.7 Å². The molecule has 6 nitrogen and oxygen atoms in total. The van der Waals surface area contributed by atoms with E-state index in [-0.39, 0.29) is 17.9 Å². The number of anilines is 1. The number of hydrogen-bond donors (Lipinski definition) is 2. The average molecular weight is 420 g/mol. The number of imide groups is 1. The highest BCUT2D eigenvalue weighted by atomic mass is 35.5. The van der Waals surface area contributed by atoms with Crippen molar-refractivity contribution in [3.63, 3.8) is 0 Å². The van der Waals surface area contributed by atoms with Crippen LogP contribution in [-0.2, 0) is 9.59 Å². The number of hydrogen-bond acceptors (Lipinski definition) is 3. The summed E-state index contributed by atoms with van der Waals surface area (Å²) in [5.41, 5.74) is 0.802. The van der Waals surface area contributed by atoms with Crippen LogP contribution in [0.3, 0.4) is 0 Å². The molecule has 7 heteroatoms. The first-order valence-electron chi connectivity index (χ1n) is 10.3. The average Bonchev–Trinajstić information content (AvgIpc) is 2.88.